The summed E-state index contributed by atoms with van der Waals surface area (Å²) in [6.07, 6.45) is 0. The van der Waals surface area contributed by atoms with Gasteiger partial charge in [0.2, 0.25) is 0 Å². The Morgan fingerprint density at radius 2 is 1.59 bits per heavy atom. The Morgan fingerprint density at radius 1 is 0.941 bits per heavy atom. The Balaban J connectivity index is 2.41. The van der Waals surface area contributed by atoms with E-state index in [9.17, 15) is 8.78 Å². The molecule has 0 heterocycles. The van der Waals surface area contributed by atoms with Crippen LogP contribution in [0.4, 0.5) is 20.2 Å². The van der Waals surface area contributed by atoms with Gasteiger partial charge in [-0.15, -0.1) is 0 Å². The van der Waals surface area contributed by atoms with Crippen molar-refractivity contribution in [1.82, 2.24) is 0 Å². The number of para-hydroxylation sites is 1. The van der Waals surface area contributed by atoms with Gasteiger partial charge in [-0.25, -0.2) is 8.78 Å². The Morgan fingerprint density at radius 3 is 2.24 bits per heavy atom. The molecule has 0 saturated carbocycles. The second-order valence-corrected chi connectivity index (χ2v) is 4.04. The van der Waals surface area contributed by atoms with Crippen LogP contribution < -0.4 is 5.32 Å². The molecule has 0 spiro atoms. The van der Waals surface area contributed by atoms with Crippen LogP contribution in [-0.4, -0.2) is 0 Å². The van der Waals surface area contributed by atoms with Crippen LogP contribution in [0.5, 0.6) is 0 Å². The lowest BCUT2D eigenvalue weighted by atomic mass is 10.1. The molecule has 2 aromatic carbocycles. The molecule has 0 unspecified atom stereocenters. The molecule has 0 aliphatic carbocycles. The molecule has 1 N–H and O–H groups in total. The van der Waals surface area contributed by atoms with Gasteiger partial charge in [0, 0.05) is 5.69 Å². The minimum Gasteiger partial charge on any atom is -0.351 e. The van der Waals surface area contributed by atoms with Crippen molar-refractivity contribution in [2.45, 2.75) is 13.8 Å². The molecule has 0 aliphatic heterocycles. The van der Waals surface area contributed by atoms with E-state index in [0.717, 1.165) is 11.1 Å². The Labute approximate surface area is 99.1 Å². The number of rotatable bonds is 2. The van der Waals surface area contributed by atoms with E-state index >= 15 is 0 Å². The zero-order chi connectivity index (χ0) is 12.4. The van der Waals surface area contributed by atoms with Crippen molar-refractivity contribution < 1.29 is 8.78 Å². The smallest absolute Gasteiger partial charge is 0.149 e. The lowest BCUT2D eigenvalue weighted by Crippen LogP contribution is -1.99. The highest BCUT2D eigenvalue weighted by Crippen LogP contribution is 2.25. The van der Waals surface area contributed by atoms with Crippen molar-refractivity contribution in [3.8, 4) is 0 Å². The standard InChI is InChI=1S/C14H13F2N/c1-9-6-7-10(2)13(8-9)17-14-11(15)4-3-5-12(14)16/h3-8,17H,1-2H3. The average Bonchev–Trinajstić information content (AvgIpc) is 2.28. The Hall–Kier alpha value is -1.90. The van der Waals surface area contributed by atoms with Gasteiger partial charge in [-0.3, -0.25) is 0 Å². The lowest BCUT2D eigenvalue weighted by molar-refractivity contribution is 0.591. The summed E-state index contributed by atoms with van der Waals surface area (Å²) in [5.41, 5.74) is 2.59. The Kier molecular flexibility index (Phi) is 3.09. The fourth-order valence-corrected chi connectivity index (χ4v) is 1.62. The van der Waals surface area contributed by atoms with Gasteiger partial charge in [-0.2, -0.15) is 0 Å². The van der Waals surface area contributed by atoms with E-state index in [1.807, 2.05) is 32.0 Å². The first-order valence-electron chi connectivity index (χ1n) is 5.36. The second-order valence-electron chi connectivity index (χ2n) is 4.04. The molecule has 0 bridgehead atoms. The molecule has 3 heteroatoms. The van der Waals surface area contributed by atoms with Gasteiger partial charge in [0.05, 0.1) is 0 Å². The fourth-order valence-electron chi connectivity index (χ4n) is 1.62. The first-order valence-corrected chi connectivity index (χ1v) is 5.36. The maximum Gasteiger partial charge on any atom is 0.149 e. The highest BCUT2D eigenvalue weighted by molar-refractivity contribution is 5.64. The number of aryl methyl sites for hydroxylation is 2. The summed E-state index contributed by atoms with van der Waals surface area (Å²) in [4.78, 5) is 0. The molecule has 88 valence electrons. The normalized spacial score (nSPS) is 10.4. The maximum absolute atomic E-state index is 13.5. The molecule has 0 fully saturated rings. The summed E-state index contributed by atoms with van der Waals surface area (Å²) in [7, 11) is 0. The number of halogens is 2. The summed E-state index contributed by atoms with van der Waals surface area (Å²) in [5.74, 6) is -1.18. The largest absolute Gasteiger partial charge is 0.351 e. The van der Waals surface area contributed by atoms with Gasteiger partial charge in [-0.05, 0) is 43.2 Å². The van der Waals surface area contributed by atoms with E-state index in [1.165, 1.54) is 18.2 Å². The molecule has 0 radical (unpaired) electrons. The predicted molar refractivity (Wildman–Crippen MR) is 65.6 cm³/mol. The van der Waals surface area contributed by atoms with E-state index in [4.69, 9.17) is 0 Å². The minimum absolute atomic E-state index is 0.110. The van der Waals surface area contributed by atoms with Crippen molar-refractivity contribution in [1.29, 1.82) is 0 Å². The molecular weight excluding hydrogens is 220 g/mol. The van der Waals surface area contributed by atoms with Gasteiger partial charge >= 0.3 is 0 Å². The highest BCUT2D eigenvalue weighted by atomic mass is 19.1. The molecule has 2 rings (SSSR count). The first kappa shape index (κ1) is 11.6. The molecule has 2 aromatic rings. The average molecular weight is 233 g/mol. The van der Waals surface area contributed by atoms with Gasteiger partial charge in [0.25, 0.3) is 0 Å². The van der Waals surface area contributed by atoms with Crippen molar-refractivity contribution in [2.24, 2.45) is 0 Å². The van der Waals surface area contributed by atoms with Crippen LogP contribution in [0.15, 0.2) is 36.4 Å². The number of anilines is 2. The van der Waals surface area contributed by atoms with Crippen LogP contribution in [0.2, 0.25) is 0 Å². The number of hydrogen-bond acceptors (Lipinski definition) is 1. The topological polar surface area (TPSA) is 12.0 Å². The molecular formula is C14H13F2N. The van der Waals surface area contributed by atoms with Gasteiger partial charge in [0.15, 0.2) is 0 Å². The zero-order valence-corrected chi connectivity index (χ0v) is 9.72. The molecule has 0 saturated heterocycles. The van der Waals surface area contributed by atoms with Crippen molar-refractivity contribution in [3.05, 3.63) is 59.2 Å². The van der Waals surface area contributed by atoms with E-state index in [1.54, 1.807) is 0 Å². The lowest BCUT2D eigenvalue weighted by Gasteiger charge is -2.11. The molecule has 0 aromatic heterocycles. The molecule has 0 atom stereocenters. The van der Waals surface area contributed by atoms with Gasteiger partial charge in [-0.1, -0.05) is 18.2 Å². The van der Waals surface area contributed by atoms with Crippen molar-refractivity contribution in [2.75, 3.05) is 5.32 Å². The maximum atomic E-state index is 13.5. The third-order valence-corrected chi connectivity index (χ3v) is 2.62. The summed E-state index contributed by atoms with van der Waals surface area (Å²) >= 11 is 0. The number of benzene rings is 2. The molecule has 17 heavy (non-hydrogen) atoms. The first-order chi connectivity index (χ1) is 8.08. The minimum atomic E-state index is -0.592. The van der Waals surface area contributed by atoms with Crippen molar-refractivity contribution >= 4 is 11.4 Å². The van der Waals surface area contributed by atoms with E-state index in [2.05, 4.69) is 5.32 Å². The van der Waals surface area contributed by atoms with Crippen LogP contribution in [0.3, 0.4) is 0 Å². The van der Waals surface area contributed by atoms with Crippen LogP contribution in [0.1, 0.15) is 11.1 Å². The number of hydrogen-bond donors (Lipinski definition) is 1. The van der Waals surface area contributed by atoms with Crippen LogP contribution >= 0.6 is 0 Å². The van der Waals surface area contributed by atoms with Crippen LogP contribution in [0, 0.1) is 25.5 Å². The summed E-state index contributed by atoms with van der Waals surface area (Å²) in [6, 6.07) is 9.54. The quantitative estimate of drug-likeness (QED) is 0.814. The fraction of sp³-hybridized carbons (Fsp3) is 0.143. The summed E-state index contributed by atoms with van der Waals surface area (Å²) in [6.45, 7) is 3.82. The summed E-state index contributed by atoms with van der Waals surface area (Å²) < 4.78 is 26.9. The van der Waals surface area contributed by atoms with Crippen molar-refractivity contribution in [3.63, 3.8) is 0 Å². The highest BCUT2D eigenvalue weighted by Gasteiger charge is 2.09. The van der Waals surface area contributed by atoms with E-state index < -0.39 is 11.6 Å². The SMILES string of the molecule is Cc1ccc(C)c(Nc2c(F)cccc2F)c1. The van der Waals surface area contributed by atoms with Gasteiger partial charge < -0.3 is 5.32 Å². The monoisotopic (exact) mass is 233 g/mol. The van der Waals surface area contributed by atoms with E-state index in [-0.39, 0.29) is 5.69 Å². The Bertz CT molecular complexity index is 530. The zero-order valence-electron chi connectivity index (χ0n) is 9.72. The molecule has 0 amide bonds. The van der Waals surface area contributed by atoms with Crippen LogP contribution in [-0.2, 0) is 0 Å². The third-order valence-electron chi connectivity index (χ3n) is 2.62. The number of nitrogens with one attached hydrogen (secondary N) is 1. The van der Waals surface area contributed by atoms with Gasteiger partial charge in [0.1, 0.15) is 17.3 Å². The second kappa shape index (κ2) is 4.53. The molecule has 1 nitrogen and oxygen atoms in total. The van der Waals surface area contributed by atoms with Crippen LogP contribution in [0.25, 0.3) is 0 Å². The molecule has 0 aliphatic rings. The predicted octanol–water partition coefficient (Wildman–Crippen LogP) is 4.33. The summed E-state index contributed by atoms with van der Waals surface area (Å²) in [5, 5.41) is 2.80. The third kappa shape index (κ3) is 2.44. The van der Waals surface area contributed by atoms with E-state index in [0.29, 0.717) is 5.69 Å².